The quantitative estimate of drug-likeness (QED) is 0.856. The summed E-state index contributed by atoms with van der Waals surface area (Å²) in [6.45, 7) is 1.33. The van der Waals surface area contributed by atoms with Gasteiger partial charge in [0.1, 0.15) is 5.60 Å². The van der Waals surface area contributed by atoms with Crippen LogP contribution in [0, 0.1) is 0 Å². The van der Waals surface area contributed by atoms with Crippen molar-refractivity contribution in [2.24, 2.45) is 0 Å². The Bertz CT molecular complexity index is 315. The molecule has 1 fully saturated rings. The fourth-order valence-electron chi connectivity index (χ4n) is 1.97. The number of ether oxygens (including phenoxy) is 2. The van der Waals surface area contributed by atoms with E-state index in [4.69, 9.17) is 15.2 Å². The van der Waals surface area contributed by atoms with Crippen molar-refractivity contribution in [2.75, 3.05) is 26.1 Å². The molecule has 1 aliphatic rings. The van der Waals surface area contributed by atoms with Crippen LogP contribution in [0.2, 0.25) is 0 Å². The number of nitrogens with two attached hydrogens (primary N) is 1. The van der Waals surface area contributed by atoms with Gasteiger partial charge in [0.05, 0.1) is 12.3 Å². The third-order valence-electron chi connectivity index (χ3n) is 2.72. The number of hydrogen-bond acceptors (Lipinski definition) is 5. The van der Waals surface area contributed by atoms with Gasteiger partial charge in [0, 0.05) is 19.1 Å². The number of hydrogen-bond donors (Lipinski definition) is 1. The number of aromatic nitrogens is 1. The summed E-state index contributed by atoms with van der Waals surface area (Å²) in [6.07, 6.45) is 3.23. The summed E-state index contributed by atoms with van der Waals surface area (Å²) in [5.74, 6) is 0. The molecule has 0 aromatic carbocycles. The molecule has 1 unspecified atom stereocenters. The molecule has 2 N–H and O–H groups in total. The zero-order valence-electron chi connectivity index (χ0n) is 8.86. The van der Waals surface area contributed by atoms with E-state index in [1.54, 1.807) is 7.11 Å². The molecule has 0 aliphatic carbocycles. The topological polar surface area (TPSA) is 57.4 Å². The molecule has 0 amide bonds. The minimum absolute atomic E-state index is 0.360. The number of methoxy groups -OCH3 is 1. The molecule has 15 heavy (non-hydrogen) atoms. The van der Waals surface area contributed by atoms with E-state index >= 15 is 0 Å². The summed E-state index contributed by atoms with van der Waals surface area (Å²) >= 11 is 1.45. The normalized spacial score (nSPS) is 26.7. The minimum Gasteiger partial charge on any atom is -0.381 e. The van der Waals surface area contributed by atoms with Crippen LogP contribution < -0.4 is 5.73 Å². The molecule has 1 atom stereocenters. The molecule has 2 heterocycles. The van der Waals surface area contributed by atoms with Crippen molar-refractivity contribution >= 4 is 16.5 Å². The summed E-state index contributed by atoms with van der Waals surface area (Å²) in [4.78, 5) is 4.32. The molecule has 0 saturated carbocycles. The second kappa shape index (κ2) is 4.47. The van der Waals surface area contributed by atoms with Crippen LogP contribution in [0.15, 0.2) is 5.38 Å². The van der Waals surface area contributed by atoms with Gasteiger partial charge in [-0.25, -0.2) is 4.98 Å². The van der Waals surface area contributed by atoms with Crippen molar-refractivity contribution in [1.82, 2.24) is 4.98 Å². The molecule has 0 spiro atoms. The molecule has 0 radical (unpaired) electrons. The Kier molecular flexibility index (Phi) is 3.23. The first-order valence-corrected chi connectivity index (χ1v) is 5.99. The zero-order valence-corrected chi connectivity index (χ0v) is 9.68. The summed E-state index contributed by atoms with van der Waals surface area (Å²) < 4.78 is 11.1. The van der Waals surface area contributed by atoms with Gasteiger partial charge in [0.15, 0.2) is 5.13 Å². The Morgan fingerprint density at radius 2 is 2.53 bits per heavy atom. The van der Waals surface area contributed by atoms with Crippen LogP contribution >= 0.6 is 11.3 Å². The van der Waals surface area contributed by atoms with Crippen LogP contribution in [0.4, 0.5) is 5.13 Å². The van der Waals surface area contributed by atoms with Crippen molar-refractivity contribution in [1.29, 1.82) is 0 Å². The molecular formula is C10H16N2O2S. The van der Waals surface area contributed by atoms with Crippen LogP contribution in [-0.2, 0) is 15.1 Å². The van der Waals surface area contributed by atoms with E-state index < -0.39 is 0 Å². The standard InChI is InChI=1S/C10H16N2O2S/c1-13-7-10(4-2-3-5-14-10)8-6-15-9(11)12-8/h6H,2-5,7H2,1H3,(H2,11,12). The summed E-state index contributed by atoms with van der Waals surface area (Å²) in [5.41, 5.74) is 6.21. The van der Waals surface area contributed by atoms with E-state index in [1.807, 2.05) is 5.38 Å². The molecule has 2 rings (SSSR count). The second-order valence-electron chi connectivity index (χ2n) is 3.80. The highest BCUT2D eigenvalue weighted by Crippen LogP contribution is 2.36. The van der Waals surface area contributed by atoms with E-state index in [0.717, 1.165) is 31.6 Å². The van der Waals surface area contributed by atoms with Gasteiger partial charge in [-0.3, -0.25) is 0 Å². The van der Waals surface area contributed by atoms with Crippen molar-refractivity contribution in [3.63, 3.8) is 0 Å². The van der Waals surface area contributed by atoms with Crippen molar-refractivity contribution in [2.45, 2.75) is 24.9 Å². The van der Waals surface area contributed by atoms with Crippen LogP contribution in [0.25, 0.3) is 0 Å². The Balaban J connectivity index is 2.24. The SMILES string of the molecule is COCC1(c2csc(N)n2)CCCCO1. The number of nitrogen functional groups attached to an aromatic ring is 1. The van der Waals surface area contributed by atoms with Crippen LogP contribution in [0.3, 0.4) is 0 Å². The van der Waals surface area contributed by atoms with E-state index in [0.29, 0.717) is 11.7 Å². The Morgan fingerprint density at radius 1 is 1.67 bits per heavy atom. The van der Waals surface area contributed by atoms with Crippen LogP contribution in [-0.4, -0.2) is 25.3 Å². The average molecular weight is 228 g/mol. The van der Waals surface area contributed by atoms with Crippen LogP contribution in [0.5, 0.6) is 0 Å². The first-order valence-electron chi connectivity index (χ1n) is 5.11. The molecular weight excluding hydrogens is 212 g/mol. The predicted octanol–water partition coefficient (Wildman–Crippen LogP) is 1.77. The fraction of sp³-hybridized carbons (Fsp3) is 0.700. The molecule has 84 valence electrons. The molecule has 1 aromatic rings. The lowest BCUT2D eigenvalue weighted by molar-refractivity contribution is -0.123. The highest BCUT2D eigenvalue weighted by Gasteiger charge is 2.37. The van der Waals surface area contributed by atoms with Gasteiger partial charge < -0.3 is 15.2 Å². The Hall–Kier alpha value is -0.650. The number of anilines is 1. The monoisotopic (exact) mass is 228 g/mol. The highest BCUT2D eigenvalue weighted by molar-refractivity contribution is 7.13. The van der Waals surface area contributed by atoms with Gasteiger partial charge in [0.2, 0.25) is 0 Å². The molecule has 5 heteroatoms. The highest BCUT2D eigenvalue weighted by atomic mass is 32.1. The number of thiazole rings is 1. The van der Waals surface area contributed by atoms with E-state index in [2.05, 4.69) is 4.98 Å². The maximum Gasteiger partial charge on any atom is 0.180 e. The summed E-state index contributed by atoms with van der Waals surface area (Å²) in [6, 6.07) is 0. The Labute approximate surface area is 93.4 Å². The number of rotatable bonds is 3. The zero-order chi connectivity index (χ0) is 10.7. The van der Waals surface area contributed by atoms with Crippen molar-refractivity contribution in [3.8, 4) is 0 Å². The van der Waals surface area contributed by atoms with Gasteiger partial charge in [-0.2, -0.15) is 0 Å². The molecule has 1 aliphatic heterocycles. The number of nitrogens with zero attached hydrogens (tertiary/aromatic N) is 1. The summed E-state index contributed by atoms with van der Waals surface area (Å²) in [5, 5.41) is 2.56. The third kappa shape index (κ3) is 2.14. The second-order valence-corrected chi connectivity index (χ2v) is 4.69. The fourth-order valence-corrected chi connectivity index (χ4v) is 2.62. The maximum atomic E-state index is 5.87. The van der Waals surface area contributed by atoms with Crippen molar-refractivity contribution in [3.05, 3.63) is 11.1 Å². The lowest BCUT2D eigenvalue weighted by atomic mass is 9.92. The van der Waals surface area contributed by atoms with Crippen LogP contribution in [0.1, 0.15) is 25.0 Å². The summed E-state index contributed by atoms with van der Waals surface area (Å²) in [7, 11) is 1.69. The van der Waals surface area contributed by atoms with Gasteiger partial charge in [-0.05, 0) is 19.3 Å². The van der Waals surface area contributed by atoms with Gasteiger partial charge in [-0.15, -0.1) is 11.3 Å². The molecule has 1 saturated heterocycles. The maximum absolute atomic E-state index is 5.87. The minimum atomic E-state index is -0.360. The molecule has 1 aromatic heterocycles. The van der Waals surface area contributed by atoms with E-state index in [9.17, 15) is 0 Å². The largest absolute Gasteiger partial charge is 0.381 e. The van der Waals surface area contributed by atoms with E-state index in [1.165, 1.54) is 11.3 Å². The van der Waals surface area contributed by atoms with Crippen molar-refractivity contribution < 1.29 is 9.47 Å². The van der Waals surface area contributed by atoms with Gasteiger partial charge >= 0.3 is 0 Å². The molecule has 4 nitrogen and oxygen atoms in total. The predicted molar refractivity (Wildman–Crippen MR) is 59.9 cm³/mol. The smallest absolute Gasteiger partial charge is 0.180 e. The molecule has 0 bridgehead atoms. The first-order chi connectivity index (χ1) is 7.27. The Morgan fingerprint density at radius 3 is 3.07 bits per heavy atom. The lowest BCUT2D eigenvalue weighted by Gasteiger charge is -2.35. The first kappa shape index (κ1) is 10.9. The van der Waals surface area contributed by atoms with Gasteiger partial charge in [0.25, 0.3) is 0 Å². The average Bonchev–Trinajstić information content (AvgIpc) is 2.67. The lowest BCUT2D eigenvalue weighted by Crippen LogP contribution is -2.38. The van der Waals surface area contributed by atoms with E-state index in [-0.39, 0.29) is 5.60 Å². The third-order valence-corrected chi connectivity index (χ3v) is 3.39. The van der Waals surface area contributed by atoms with Gasteiger partial charge in [-0.1, -0.05) is 0 Å².